The monoisotopic (exact) mass is 448 g/mol. The van der Waals surface area contributed by atoms with E-state index in [1.165, 1.54) is 44.4 Å². The highest BCUT2D eigenvalue weighted by atomic mass is 19.1. The quantitative estimate of drug-likeness (QED) is 0.454. The third kappa shape index (κ3) is 3.36. The number of nitrogens with two attached hydrogens (primary N) is 1. The SMILES string of the molecule is Cn1c(N)c(C(c2ccc(C#N)cc2)c2c(O)c3cc(F)ccc3oc2=O)c(=O)n(C)c1=O. The molecule has 2 aromatic heterocycles. The van der Waals surface area contributed by atoms with Gasteiger partial charge in [0, 0.05) is 14.1 Å². The normalized spacial score (nSPS) is 11.9. The molecular formula is C23H17FN4O5. The standard InChI is InChI=1S/C23H17FN4O5/c1-27-20(26)18(21(30)28(2)23(27)32)16(12-5-3-11(10-25)4-6-12)17-19(29)14-9-13(24)7-8-15(14)33-22(17)31/h3-9,16,29H,26H2,1-2H3. The molecule has 0 saturated carbocycles. The Morgan fingerprint density at radius 3 is 2.36 bits per heavy atom. The number of fused-ring (bicyclic) bond motifs is 1. The topological polar surface area (TPSA) is 144 Å². The summed E-state index contributed by atoms with van der Waals surface area (Å²) in [7, 11) is 2.61. The van der Waals surface area contributed by atoms with E-state index in [1.54, 1.807) is 0 Å². The van der Waals surface area contributed by atoms with Crippen LogP contribution in [0.15, 0.2) is 61.3 Å². The Labute approximate surface area is 185 Å². The zero-order valence-corrected chi connectivity index (χ0v) is 17.5. The van der Waals surface area contributed by atoms with Crippen molar-refractivity contribution in [2.24, 2.45) is 14.1 Å². The molecule has 0 bridgehead atoms. The summed E-state index contributed by atoms with van der Waals surface area (Å²) in [6, 6.07) is 11.1. The molecule has 3 N–H and O–H groups in total. The van der Waals surface area contributed by atoms with Crippen LogP contribution in [0.3, 0.4) is 0 Å². The number of nitrogen functional groups attached to an aromatic ring is 1. The summed E-state index contributed by atoms with van der Waals surface area (Å²) in [5, 5.41) is 20.1. The van der Waals surface area contributed by atoms with Gasteiger partial charge in [-0.3, -0.25) is 13.9 Å². The first kappa shape index (κ1) is 21.6. The molecule has 2 aromatic carbocycles. The van der Waals surface area contributed by atoms with Gasteiger partial charge in [0.05, 0.1) is 34.1 Å². The lowest BCUT2D eigenvalue weighted by Crippen LogP contribution is -2.41. The molecule has 0 spiro atoms. The molecule has 1 atom stereocenters. The van der Waals surface area contributed by atoms with Crippen LogP contribution in [0.1, 0.15) is 28.2 Å². The van der Waals surface area contributed by atoms with E-state index < -0.39 is 34.4 Å². The molecule has 10 heteroatoms. The number of hydrogen-bond donors (Lipinski definition) is 2. The van der Waals surface area contributed by atoms with Gasteiger partial charge in [0.1, 0.15) is 23.0 Å². The van der Waals surface area contributed by atoms with Crippen LogP contribution in [-0.4, -0.2) is 14.2 Å². The first-order valence-corrected chi connectivity index (χ1v) is 9.66. The molecule has 0 aliphatic carbocycles. The van der Waals surface area contributed by atoms with Gasteiger partial charge in [-0.2, -0.15) is 5.26 Å². The molecule has 0 saturated heterocycles. The molecule has 0 aliphatic rings. The van der Waals surface area contributed by atoms with Gasteiger partial charge in [0.25, 0.3) is 5.56 Å². The summed E-state index contributed by atoms with van der Waals surface area (Å²) in [4.78, 5) is 38.5. The van der Waals surface area contributed by atoms with Crippen molar-refractivity contribution in [3.63, 3.8) is 0 Å². The number of halogens is 1. The predicted octanol–water partition coefficient (Wildman–Crippen LogP) is 1.67. The van der Waals surface area contributed by atoms with Crippen molar-refractivity contribution in [1.82, 2.24) is 9.13 Å². The number of benzene rings is 2. The number of nitriles is 1. The average Bonchev–Trinajstić information content (AvgIpc) is 2.81. The van der Waals surface area contributed by atoms with Crippen LogP contribution in [0.25, 0.3) is 11.0 Å². The summed E-state index contributed by atoms with van der Waals surface area (Å²) in [6.45, 7) is 0. The van der Waals surface area contributed by atoms with Crippen molar-refractivity contribution in [3.8, 4) is 11.8 Å². The largest absolute Gasteiger partial charge is 0.507 e. The van der Waals surface area contributed by atoms with Gasteiger partial charge in [-0.1, -0.05) is 12.1 Å². The number of hydrogen-bond acceptors (Lipinski definition) is 7. The van der Waals surface area contributed by atoms with Gasteiger partial charge < -0.3 is 15.3 Å². The van der Waals surface area contributed by atoms with E-state index in [2.05, 4.69) is 0 Å². The maximum absolute atomic E-state index is 13.9. The smallest absolute Gasteiger partial charge is 0.344 e. The van der Waals surface area contributed by atoms with E-state index in [9.17, 15) is 23.9 Å². The summed E-state index contributed by atoms with van der Waals surface area (Å²) < 4.78 is 21.0. The fraction of sp³-hybridized carbons (Fsp3) is 0.130. The highest BCUT2D eigenvalue weighted by Gasteiger charge is 2.32. The molecule has 166 valence electrons. The zero-order chi connectivity index (χ0) is 24.0. The van der Waals surface area contributed by atoms with E-state index in [-0.39, 0.29) is 27.9 Å². The van der Waals surface area contributed by atoms with Crippen LogP contribution in [0, 0.1) is 17.1 Å². The van der Waals surface area contributed by atoms with Crippen molar-refractivity contribution in [1.29, 1.82) is 5.26 Å². The molecule has 0 aliphatic heterocycles. The molecule has 4 rings (SSSR count). The lowest BCUT2D eigenvalue weighted by atomic mass is 9.85. The van der Waals surface area contributed by atoms with Crippen LogP contribution in [-0.2, 0) is 14.1 Å². The van der Waals surface area contributed by atoms with Gasteiger partial charge >= 0.3 is 11.3 Å². The Kier molecular flexibility index (Phi) is 5.10. The predicted molar refractivity (Wildman–Crippen MR) is 118 cm³/mol. The second-order valence-electron chi connectivity index (χ2n) is 7.46. The summed E-state index contributed by atoms with van der Waals surface area (Å²) in [5.74, 6) is -2.78. The minimum Gasteiger partial charge on any atom is -0.507 e. The van der Waals surface area contributed by atoms with Gasteiger partial charge in [-0.05, 0) is 35.9 Å². The minimum atomic E-state index is -1.29. The second kappa shape index (κ2) is 7.80. The Morgan fingerprint density at radius 2 is 1.73 bits per heavy atom. The molecule has 33 heavy (non-hydrogen) atoms. The number of aromatic hydroxyl groups is 1. The van der Waals surface area contributed by atoms with Crippen molar-refractivity contribution >= 4 is 16.8 Å². The Hall–Kier alpha value is -4.65. The molecule has 0 fully saturated rings. The van der Waals surface area contributed by atoms with Crippen LogP contribution in [0.2, 0.25) is 0 Å². The Morgan fingerprint density at radius 1 is 1.06 bits per heavy atom. The number of anilines is 1. The Balaban J connectivity index is 2.17. The van der Waals surface area contributed by atoms with E-state index in [1.807, 2.05) is 6.07 Å². The maximum Gasteiger partial charge on any atom is 0.344 e. The molecule has 1 unspecified atom stereocenters. The molecule has 4 aromatic rings. The fourth-order valence-corrected chi connectivity index (χ4v) is 3.81. The van der Waals surface area contributed by atoms with Crippen LogP contribution >= 0.6 is 0 Å². The Bertz CT molecular complexity index is 1640. The zero-order valence-electron chi connectivity index (χ0n) is 17.5. The highest BCUT2D eigenvalue weighted by molar-refractivity contribution is 5.85. The van der Waals surface area contributed by atoms with Gasteiger partial charge in [-0.15, -0.1) is 0 Å². The van der Waals surface area contributed by atoms with Crippen molar-refractivity contribution in [2.75, 3.05) is 5.73 Å². The molecular weight excluding hydrogens is 431 g/mol. The third-order valence-corrected chi connectivity index (χ3v) is 5.57. The average molecular weight is 448 g/mol. The number of nitrogens with zero attached hydrogens (tertiary/aromatic N) is 3. The highest BCUT2D eigenvalue weighted by Crippen LogP contribution is 2.38. The van der Waals surface area contributed by atoms with E-state index in [0.29, 0.717) is 11.1 Å². The summed E-state index contributed by atoms with van der Waals surface area (Å²) in [6.07, 6.45) is 0. The maximum atomic E-state index is 13.9. The molecule has 2 heterocycles. The first-order valence-electron chi connectivity index (χ1n) is 9.66. The fourth-order valence-electron chi connectivity index (χ4n) is 3.81. The molecule has 0 radical (unpaired) electrons. The van der Waals surface area contributed by atoms with E-state index in [4.69, 9.17) is 15.4 Å². The van der Waals surface area contributed by atoms with E-state index >= 15 is 0 Å². The van der Waals surface area contributed by atoms with Crippen LogP contribution in [0.4, 0.5) is 10.2 Å². The lowest BCUT2D eigenvalue weighted by molar-refractivity contribution is 0.454. The minimum absolute atomic E-state index is 0.0532. The molecule has 9 nitrogen and oxygen atoms in total. The third-order valence-electron chi connectivity index (χ3n) is 5.57. The van der Waals surface area contributed by atoms with Crippen molar-refractivity contribution < 1.29 is 13.9 Å². The van der Waals surface area contributed by atoms with E-state index in [0.717, 1.165) is 21.3 Å². The summed E-state index contributed by atoms with van der Waals surface area (Å²) >= 11 is 0. The summed E-state index contributed by atoms with van der Waals surface area (Å²) in [5.41, 5.74) is 3.75. The van der Waals surface area contributed by atoms with Gasteiger partial charge in [0.15, 0.2) is 0 Å². The van der Waals surface area contributed by atoms with Gasteiger partial charge in [-0.25, -0.2) is 14.0 Å². The van der Waals surface area contributed by atoms with Crippen LogP contribution < -0.4 is 22.6 Å². The lowest BCUT2D eigenvalue weighted by Gasteiger charge is -2.22. The molecule has 0 amide bonds. The number of aromatic nitrogens is 2. The van der Waals surface area contributed by atoms with Crippen molar-refractivity contribution in [3.05, 3.63) is 102 Å². The first-order chi connectivity index (χ1) is 15.6. The number of rotatable bonds is 3. The van der Waals surface area contributed by atoms with Crippen molar-refractivity contribution in [2.45, 2.75) is 5.92 Å². The van der Waals surface area contributed by atoms with Crippen LogP contribution in [0.5, 0.6) is 5.75 Å². The van der Waals surface area contributed by atoms with Gasteiger partial charge in [0.2, 0.25) is 0 Å². The second-order valence-corrected chi connectivity index (χ2v) is 7.46.